The monoisotopic (exact) mass is 328 g/mol. The number of ketones is 1. The first-order valence-corrected chi connectivity index (χ1v) is 7.98. The van der Waals surface area contributed by atoms with Crippen molar-refractivity contribution in [3.05, 3.63) is 64.2 Å². The van der Waals surface area contributed by atoms with Crippen molar-refractivity contribution in [2.45, 2.75) is 13.0 Å². The van der Waals surface area contributed by atoms with Crippen molar-refractivity contribution >= 4 is 28.0 Å². The molecule has 2 aromatic rings. The molecule has 1 aliphatic rings. The highest BCUT2D eigenvalue weighted by Gasteiger charge is 2.17. The molecule has 118 valence electrons. The van der Waals surface area contributed by atoms with E-state index >= 15 is 0 Å². The standard InChI is InChI=1S/C17H16N2O3S/c18-16(21)13-6-12-7-14(23-17(12)19-8-13)9-22-10-15(20)11-4-2-1-3-5-11/h1-5,7-8,19H,6,9-10H2,(H2,18,21). The zero-order valence-corrected chi connectivity index (χ0v) is 13.2. The van der Waals surface area contributed by atoms with Crippen LogP contribution < -0.4 is 11.1 Å². The van der Waals surface area contributed by atoms with Gasteiger partial charge in [0.1, 0.15) is 6.61 Å². The third-order valence-electron chi connectivity index (χ3n) is 3.51. The summed E-state index contributed by atoms with van der Waals surface area (Å²) in [7, 11) is 0. The molecule has 0 saturated heterocycles. The minimum atomic E-state index is -0.416. The van der Waals surface area contributed by atoms with Crippen molar-refractivity contribution in [1.29, 1.82) is 0 Å². The number of amides is 1. The lowest BCUT2D eigenvalue weighted by atomic mass is 10.1. The number of hydrogen-bond donors (Lipinski definition) is 2. The number of benzene rings is 1. The topological polar surface area (TPSA) is 81.4 Å². The van der Waals surface area contributed by atoms with Gasteiger partial charge in [0.05, 0.1) is 11.6 Å². The van der Waals surface area contributed by atoms with E-state index in [1.54, 1.807) is 29.7 Å². The molecule has 3 rings (SSSR count). The summed E-state index contributed by atoms with van der Waals surface area (Å²) < 4.78 is 5.51. The summed E-state index contributed by atoms with van der Waals surface area (Å²) >= 11 is 1.55. The Balaban J connectivity index is 1.55. The highest BCUT2D eigenvalue weighted by molar-refractivity contribution is 7.16. The van der Waals surface area contributed by atoms with E-state index in [0.717, 1.165) is 15.4 Å². The van der Waals surface area contributed by atoms with E-state index < -0.39 is 5.91 Å². The molecule has 1 amide bonds. The molecule has 3 N–H and O–H groups in total. The summed E-state index contributed by atoms with van der Waals surface area (Å²) in [6, 6.07) is 11.1. The lowest BCUT2D eigenvalue weighted by Crippen LogP contribution is -2.18. The van der Waals surface area contributed by atoms with E-state index in [1.807, 2.05) is 24.3 Å². The number of anilines is 1. The summed E-state index contributed by atoms with van der Waals surface area (Å²) in [6.45, 7) is 0.411. The van der Waals surface area contributed by atoms with Crippen LogP contribution in [0.1, 0.15) is 20.8 Å². The molecular formula is C17H16N2O3S. The van der Waals surface area contributed by atoms with Gasteiger partial charge >= 0.3 is 0 Å². The number of Topliss-reactive ketones (excluding diaryl/α,β-unsaturated/α-hetero) is 1. The molecule has 0 unspecified atom stereocenters. The second-order valence-corrected chi connectivity index (χ2v) is 6.34. The molecule has 1 aliphatic heterocycles. The zero-order valence-electron chi connectivity index (χ0n) is 12.4. The van der Waals surface area contributed by atoms with Gasteiger partial charge in [0.2, 0.25) is 5.91 Å². The number of carbonyl (C=O) groups is 2. The number of primary amides is 1. The zero-order chi connectivity index (χ0) is 16.2. The minimum absolute atomic E-state index is 0.0391. The van der Waals surface area contributed by atoms with Crippen LogP contribution >= 0.6 is 11.3 Å². The van der Waals surface area contributed by atoms with Gasteiger partial charge in [-0.1, -0.05) is 30.3 Å². The van der Waals surface area contributed by atoms with Crippen molar-refractivity contribution in [2.24, 2.45) is 5.73 Å². The van der Waals surface area contributed by atoms with Crippen molar-refractivity contribution in [3.8, 4) is 0 Å². The van der Waals surface area contributed by atoms with Gasteiger partial charge in [0.15, 0.2) is 5.78 Å². The maximum Gasteiger partial charge on any atom is 0.246 e. The van der Waals surface area contributed by atoms with Crippen LogP contribution in [0.25, 0.3) is 0 Å². The van der Waals surface area contributed by atoms with Crippen molar-refractivity contribution in [1.82, 2.24) is 0 Å². The fourth-order valence-corrected chi connectivity index (χ4v) is 3.32. The second kappa shape index (κ2) is 6.76. The number of nitrogens with one attached hydrogen (secondary N) is 1. The largest absolute Gasteiger partial charge is 0.368 e. The van der Waals surface area contributed by atoms with Gasteiger partial charge in [-0.3, -0.25) is 9.59 Å². The first-order chi connectivity index (χ1) is 11.1. The lowest BCUT2D eigenvalue weighted by molar-refractivity contribution is -0.114. The average Bonchev–Trinajstić information content (AvgIpc) is 2.97. The summed E-state index contributed by atoms with van der Waals surface area (Å²) in [5.74, 6) is -0.455. The molecule has 2 heterocycles. The number of ether oxygens (including phenoxy) is 1. The first-order valence-electron chi connectivity index (χ1n) is 7.16. The fraction of sp³-hybridized carbons (Fsp3) is 0.176. The van der Waals surface area contributed by atoms with Crippen LogP contribution in [0, 0.1) is 0 Å². The Morgan fingerprint density at radius 2 is 2.04 bits per heavy atom. The number of thiophene rings is 1. The van der Waals surface area contributed by atoms with Gasteiger partial charge in [-0.05, 0) is 11.6 Å². The average molecular weight is 328 g/mol. The normalized spacial score (nSPS) is 13.0. The fourth-order valence-electron chi connectivity index (χ4n) is 2.33. The van der Waals surface area contributed by atoms with Crippen LogP contribution in [0.4, 0.5) is 5.00 Å². The molecule has 0 fully saturated rings. The van der Waals surface area contributed by atoms with Crippen LogP contribution in [0.3, 0.4) is 0 Å². The van der Waals surface area contributed by atoms with Crippen LogP contribution in [-0.4, -0.2) is 18.3 Å². The van der Waals surface area contributed by atoms with E-state index in [4.69, 9.17) is 10.5 Å². The van der Waals surface area contributed by atoms with Gasteiger partial charge in [-0.25, -0.2) is 0 Å². The Morgan fingerprint density at radius 3 is 2.78 bits per heavy atom. The van der Waals surface area contributed by atoms with E-state index in [-0.39, 0.29) is 12.4 Å². The number of carbonyl (C=O) groups excluding carboxylic acids is 2. The van der Waals surface area contributed by atoms with Gasteiger partial charge in [-0.2, -0.15) is 0 Å². The molecule has 0 bridgehead atoms. The molecule has 6 heteroatoms. The molecule has 0 spiro atoms. The highest BCUT2D eigenvalue weighted by Crippen LogP contribution is 2.33. The smallest absolute Gasteiger partial charge is 0.246 e. The van der Waals surface area contributed by atoms with E-state index in [0.29, 0.717) is 24.2 Å². The van der Waals surface area contributed by atoms with Crippen LogP contribution in [0.2, 0.25) is 0 Å². The molecule has 0 atom stereocenters. The Bertz CT molecular complexity index is 765. The van der Waals surface area contributed by atoms with Crippen LogP contribution in [0.5, 0.6) is 0 Å². The highest BCUT2D eigenvalue weighted by atomic mass is 32.1. The lowest BCUT2D eigenvalue weighted by Gasteiger charge is -2.11. The molecule has 0 aliphatic carbocycles. The summed E-state index contributed by atoms with van der Waals surface area (Å²) in [4.78, 5) is 24.2. The number of hydrogen-bond acceptors (Lipinski definition) is 5. The van der Waals surface area contributed by atoms with Crippen LogP contribution in [0.15, 0.2) is 48.2 Å². The summed E-state index contributed by atoms with van der Waals surface area (Å²) in [5.41, 5.74) is 7.53. The third kappa shape index (κ3) is 3.67. The molecule has 23 heavy (non-hydrogen) atoms. The SMILES string of the molecule is NC(=O)C1=CNc2sc(COCC(=O)c3ccccc3)cc2C1. The van der Waals surface area contributed by atoms with Gasteiger partial charge in [0.25, 0.3) is 0 Å². The predicted molar refractivity (Wildman–Crippen MR) is 89.4 cm³/mol. The molecule has 5 nitrogen and oxygen atoms in total. The second-order valence-electron chi connectivity index (χ2n) is 5.20. The number of nitrogens with two attached hydrogens (primary N) is 1. The van der Waals surface area contributed by atoms with Crippen molar-refractivity contribution in [3.63, 3.8) is 0 Å². The van der Waals surface area contributed by atoms with Crippen molar-refractivity contribution in [2.75, 3.05) is 11.9 Å². The molecule has 0 radical (unpaired) electrons. The Hall–Kier alpha value is -2.44. The first kappa shape index (κ1) is 15.5. The van der Waals surface area contributed by atoms with Gasteiger partial charge in [0, 0.05) is 28.6 Å². The Kier molecular flexibility index (Phi) is 4.55. The van der Waals surface area contributed by atoms with Gasteiger partial charge in [-0.15, -0.1) is 11.3 Å². The van der Waals surface area contributed by atoms with E-state index in [9.17, 15) is 9.59 Å². The van der Waals surface area contributed by atoms with Gasteiger partial charge < -0.3 is 15.8 Å². The Morgan fingerprint density at radius 1 is 1.26 bits per heavy atom. The van der Waals surface area contributed by atoms with E-state index in [1.165, 1.54) is 0 Å². The maximum absolute atomic E-state index is 12.0. The molecule has 0 saturated carbocycles. The molecule has 1 aromatic carbocycles. The van der Waals surface area contributed by atoms with Crippen LogP contribution in [-0.2, 0) is 22.6 Å². The quantitative estimate of drug-likeness (QED) is 0.798. The number of rotatable bonds is 6. The third-order valence-corrected chi connectivity index (χ3v) is 4.59. The maximum atomic E-state index is 12.0. The predicted octanol–water partition coefficient (Wildman–Crippen LogP) is 2.48. The summed E-state index contributed by atoms with van der Waals surface area (Å²) in [6.07, 6.45) is 2.17. The summed E-state index contributed by atoms with van der Waals surface area (Å²) in [5, 5.41) is 4.06. The molecular weight excluding hydrogens is 312 g/mol. The molecule has 1 aromatic heterocycles. The van der Waals surface area contributed by atoms with Crippen molar-refractivity contribution < 1.29 is 14.3 Å². The number of fused-ring (bicyclic) bond motifs is 1. The Labute approximate surface area is 137 Å². The minimum Gasteiger partial charge on any atom is -0.368 e. The van der Waals surface area contributed by atoms with E-state index in [2.05, 4.69) is 5.32 Å².